The monoisotopic (exact) mass is 426 g/mol. The molecule has 2 heterocycles. The first kappa shape index (κ1) is 21.3. The molecule has 1 aromatic carbocycles. The van der Waals surface area contributed by atoms with E-state index in [0.29, 0.717) is 17.6 Å². The normalized spacial score (nSPS) is 11.1. The fourth-order valence-corrected chi connectivity index (χ4v) is 4.60. The minimum Gasteiger partial charge on any atom is -0.325 e. The first-order valence-electron chi connectivity index (χ1n) is 9.51. The summed E-state index contributed by atoms with van der Waals surface area (Å²) in [6, 6.07) is 8.16. The maximum absolute atomic E-state index is 12.4. The minimum absolute atomic E-state index is 0.0608. The molecule has 0 spiro atoms. The number of thiophene rings is 1. The summed E-state index contributed by atoms with van der Waals surface area (Å²) in [4.78, 5) is 13.8. The van der Waals surface area contributed by atoms with Crippen LogP contribution in [-0.2, 0) is 11.3 Å². The van der Waals surface area contributed by atoms with Crippen molar-refractivity contribution in [2.45, 2.75) is 45.3 Å². The van der Waals surface area contributed by atoms with Crippen molar-refractivity contribution in [3.8, 4) is 11.4 Å². The lowest BCUT2D eigenvalue weighted by Crippen LogP contribution is -2.15. The summed E-state index contributed by atoms with van der Waals surface area (Å²) < 4.78 is 2.01. The molecule has 29 heavy (non-hydrogen) atoms. The molecule has 7 heteroatoms. The summed E-state index contributed by atoms with van der Waals surface area (Å²) in [6.07, 6.45) is 1.82. The Morgan fingerprint density at radius 3 is 2.76 bits per heavy atom. The number of aryl methyl sites for hydroxylation is 2. The van der Waals surface area contributed by atoms with E-state index in [1.54, 1.807) is 11.3 Å². The van der Waals surface area contributed by atoms with Crippen LogP contribution < -0.4 is 5.32 Å². The van der Waals surface area contributed by atoms with Gasteiger partial charge in [-0.25, -0.2) is 0 Å². The molecule has 0 fully saturated rings. The Morgan fingerprint density at radius 2 is 2.10 bits per heavy atom. The van der Waals surface area contributed by atoms with E-state index in [9.17, 15) is 4.79 Å². The lowest BCUT2D eigenvalue weighted by atomic mass is 10.1. The molecular weight excluding hydrogens is 400 g/mol. The van der Waals surface area contributed by atoms with Crippen molar-refractivity contribution in [1.29, 1.82) is 0 Å². The molecule has 0 saturated heterocycles. The summed E-state index contributed by atoms with van der Waals surface area (Å²) in [5.41, 5.74) is 4.13. The van der Waals surface area contributed by atoms with Crippen molar-refractivity contribution in [1.82, 2.24) is 14.8 Å². The van der Waals surface area contributed by atoms with Crippen LogP contribution in [0, 0.1) is 13.8 Å². The number of carbonyl (C=O) groups excluding carboxylic acids is 1. The molecule has 0 aliphatic rings. The molecule has 0 aliphatic heterocycles. The van der Waals surface area contributed by atoms with Gasteiger partial charge in [0.25, 0.3) is 0 Å². The average Bonchev–Trinajstić information content (AvgIpc) is 3.30. The molecule has 3 rings (SSSR count). The second-order valence-corrected chi connectivity index (χ2v) is 9.14. The highest BCUT2D eigenvalue weighted by atomic mass is 32.2. The van der Waals surface area contributed by atoms with Gasteiger partial charge in [-0.15, -0.1) is 28.1 Å². The molecule has 2 aromatic heterocycles. The van der Waals surface area contributed by atoms with Crippen molar-refractivity contribution >= 4 is 34.7 Å². The topological polar surface area (TPSA) is 59.8 Å². The lowest BCUT2D eigenvalue weighted by Gasteiger charge is -2.09. The van der Waals surface area contributed by atoms with Crippen LogP contribution in [0.1, 0.15) is 35.8 Å². The van der Waals surface area contributed by atoms with E-state index in [1.807, 2.05) is 36.6 Å². The number of hydrogen-bond donors (Lipinski definition) is 1. The van der Waals surface area contributed by atoms with Gasteiger partial charge in [0.05, 0.1) is 5.75 Å². The number of allylic oxidation sites excluding steroid dienone is 1. The summed E-state index contributed by atoms with van der Waals surface area (Å²) in [6.45, 7) is 12.8. The fraction of sp³-hybridized carbons (Fsp3) is 0.318. The number of benzene rings is 1. The number of nitrogens with zero attached hydrogens (tertiary/aromatic N) is 3. The highest BCUT2D eigenvalue weighted by Gasteiger charge is 2.17. The predicted molar refractivity (Wildman–Crippen MR) is 123 cm³/mol. The second kappa shape index (κ2) is 9.41. The second-order valence-electron chi connectivity index (χ2n) is 7.25. The molecule has 3 aromatic rings. The van der Waals surface area contributed by atoms with Crippen LogP contribution in [0.3, 0.4) is 0 Å². The molecule has 0 atom stereocenters. The molecule has 0 bridgehead atoms. The number of nitrogens with one attached hydrogen (secondary N) is 1. The van der Waals surface area contributed by atoms with Crippen LogP contribution in [0.5, 0.6) is 0 Å². The summed E-state index contributed by atoms with van der Waals surface area (Å²) in [5, 5.41) is 14.5. The molecule has 152 valence electrons. The number of aromatic nitrogens is 3. The number of carbonyl (C=O) groups is 1. The zero-order valence-electron chi connectivity index (χ0n) is 17.2. The third-order valence-corrected chi connectivity index (χ3v) is 6.66. The molecule has 1 N–H and O–H groups in total. The maximum Gasteiger partial charge on any atom is 0.234 e. The zero-order valence-corrected chi connectivity index (χ0v) is 18.9. The SMILES string of the molecule is C=CCn1c(SCC(=O)Nc2ccc(C)cc2C)nnc1-c1csc(C(C)C)c1. The first-order chi connectivity index (χ1) is 13.9. The largest absolute Gasteiger partial charge is 0.325 e. The number of rotatable bonds is 8. The Labute approximate surface area is 180 Å². The molecule has 0 radical (unpaired) electrons. The van der Waals surface area contributed by atoms with Gasteiger partial charge in [0, 0.05) is 28.1 Å². The van der Waals surface area contributed by atoms with Gasteiger partial charge in [-0.2, -0.15) is 0 Å². The highest BCUT2D eigenvalue weighted by molar-refractivity contribution is 7.99. The molecule has 5 nitrogen and oxygen atoms in total. The van der Waals surface area contributed by atoms with E-state index < -0.39 is 0 Å². The third kappa shape index (κ3) is 5.16. The van der Waals surface area contributed by atoms with Crippen molar-refractivity contribution < 1.29 is 4.79 Å². The van der Waals surface area contributed by atoms with Gasteiger partial charge in [0.1, 0.15) is 0 Å². The third-order valence-electron chi connectivity index (χ3n) is 4.46. The average molecular weight is 427 g/mol. The van der Waals surface area contributed by atoms with E-state index in [2.05, 4.69) is 53.5 Å². The first-order valence-corrected chi connectivity index (χ1v) is 11.4. The van der Waals surface area contributed by atoms with Crippen LogP contribution in [0.2, 0.25) is 0 Å². The quantitative estimate of drug-likeness (QED) is 0.373. The van der Waals surface area contributed by atoms with Gasteiger partial charge in [-0.05, 0) is 37.5 Å². The van der Waals surface area contributed by atoms with Crippen LogP contribution in [0.25, 0.3) is 11.4 Å². The summed E-state index contributed by atoms with van der Waals surface area (Å²) in [5.74, 6) is 1.50. The maximum atomic E-state index is 12.4. The Bertz CT molecular complexity index is 1020. The van der Waals surface area contributed by atoms with E-state index in [0.717, 1.165) is 22.6 Å². The van der Waals surface area contributed by atoms with Gasteiger partial charge in [0.2, 0.25) is 5.91 Å². The van der Waals surface area contributed by atoms with Crippen molar-refractivity contribution in [2.24, 2.45) is 0 Å². The Kier molecular flexibility index (Phi) is 6.92. The van der Waals surface area contributed by atoms with Crippen molar-refractivity contribution in [3.05, 3.63) is 58.3 Å². The van der Waals surface area contributed by atoms with Gasteiger partial charge in [0.15, 0.2) is 11.0 Å². The Hall–Kier alpha value is -2.38. The van der Waals surface area contributed by atoms with E-state index in [1.165, 1.54) is 22.2 Å². The van der Waals surface area contributed by atoms with Gasteiger partial charge >= 0.3 is 0 Å². The molecule has 0 unspecified atom stereocenters. The minimum atomic E-state index is -0.0608. The summed E-state index contributed by atoms with van der Waals surface area (Å²) >= 11 is 3.12. The van der Waals surface area contributed by atoms with Gasteiger partial charge in [-0.1, -0.05) is 49.4 Å². The van der Waals surface area contributed by atoms with Crippen LogP contribution in [0.15, 0.2) is 47.5 Å². The van der Waals surface area contributed by atoms with Crippen molar-refractivity contribution in [2.75, 3.05) is 11.1 Å². The Morgan fingerprint density at radius 1 is 1.31 bits per heavy atom. The molecule has 0 aliphatic carbocycles. The Balaban J connectivity index is 1.72. The van der Waals surface area contributed by atoms with Crippen molar-refractivity contribution in [3.63, 3.8) is 0 Å². The number of amides is 1. The molecule has 0 saturated carbocycles. The number of anilines is 1. The van der Waals surface area contributed by atoms with Crippen LogP contribution in [0.4, 0.5) is 5.69 Å². The van der Waals surface area contributed by atoms with Gasteiger partial charge < -0.3 is 5.32 Å². The zero-order chi connectivity index (χ0) is 21.0. The van der Waals surface area contributed by atoms with E-state index >= 15 is 0 Å². The van der Waals surface area contributed by atoms with Crippen LogP contribution in [-0.4, -0.2) is 26.4 Å². The molecular formula is C22H26N4OS2. The fourth-order valence-electron chi connectivity index (χ4n) is 2.95. The standard InChI is InChI=1S/C22H26N4OS2/c1-6-9-26-21(17-11-19(14(2)3)28-12-17)24-25-22(26)29-13-20(27)23-18-8-7-15(4)10-16(18)5/h6-8,10-12,14H,1,9,13H2,2-5H3,(H,23,27). The number of hydrogen-bond acceptors (Lipinski definition) is 5. The molecule has 1 amide bonds. The lowest BCUT2D eigenvalue weighted by molar-refractivity contribution is -0.113. The van der Waals surface area contributed by atoms with Crippen LogP contribution >= 0.6 is 23.1 Å². The number of thioether (sulfide) groups is 1. The van der Waals surface area contributed by atoms with E-state index in [-0.39, 0.29) is 11.7 Å². The predicted octanol–water partition coefficient (Wildman–Crippen LogP) is 5.66. The van der Waals surface area contributed by atoms with Gasteiger partial charge in [-0.3, -0.25) is 9.36 Å². The highest BCUT2D eigenvalue weighted by Crippen LogP contribution is 2.31. The summed E-state index contributed by atoms with van der Waals surface area (Å²) in [7, 11) is 0. The van der Waals surface area contributed by atoms with E-state index in [4.69, 9.17) is 0 Å². The smallest absolute Gasteiger partial charge is 0.234 e.